The van der Waals surface area contributed by atoms with E-state index in [-0.39, 0.29) is 23.6 Å². The molecule has 4 atom stereocenters. The Kier molecular flexibility index (Phi) is 3.54. The molecule has 0 saturated carbocycles. The summed E-state index contributed by atoms with van der Waals surface area (Å²) in [5, 5.41) is 0. The molecule has 0 radical (unpaired) electrons. The Hall–Kier alpha value is -1.74. The molecule has 3 aliphatic rings. The van der Waals surface area contributed by atoms with E-state index in [0.29, 0.717) is 29.6 Å². The number of benzene rings is 1. The molecule has 1 saturated heterocycles. The first kappa shape index (κ1) is 15.8. The summed E-state index contributed by atoms with van der Waals surface area (Å²) in [5.74, 6) is 1.07. The van der Waals surface area contributed by atoms with Crippen LogP contribution in [0.4, 0.5) is 0 Å². The smallest absolute Gasteiger partial charge is 0.190 e. The van der Waals surface area contributed by atoms with E-state index in [1.165, 1.54) is 0 Å². The van der Waals surface area contributed by atoms with E-state index in [1.54, 1.807) is 12.1 Å². The summed E-state index contributed by atoms with van der Waals surface area (Å²) >= 11 is 0. The number of Topliss-reactive ketones (excluding diaryl/α,β-unsaturated/α-hetero) is 2. The van der Waals surface area contributed by atoms with E-state index in [2.05, 4.69) is 13.8 Å². The highest BCUT2D eigenvalue weighted by molar-refractivity contribution is 6.25. The molecule has 126 valence electrons. The number of ketones is 2. The van der Waals surface area contributed by atoms with Gasteiger partial charge in [-0.25, -0.2) is 0 Å². The van der Waals surface area contributed by atoms with Crippen LogP contribution < -0.4 is 0 Å². The molecule has 1 aliphatic heterocycles. The molecule has 1 aromatic carbocycles. The Bertz CT molecular complexity index is 745. The highest BCUT2D eigenvalue weighted by atomic mass is 16.5. The van der Waals surface area contributed by atoms with Gasteiger partial charge < -0.3 is 4.74 Å². The van der Waals surface area contributed by atoms with Gasteiger partial charge in [0, 0.05) is 23.3 Å². The molecule has 2 aliphatic carbocycles. The number of rotatable bonds is 1. The first-order chi connectivity index (χ1) is 11.5. The van der Waals surface area contributed by atoms with Crippen LogP contribution in [0.3, 0.4) is 0 Å². The van der Waals surface area contributed by atoms with Gasteiger partial charge in [0.25, 0.3) is 0 Å². The molecular weight excluding hydrogens is 300 g/mol. The van der Waals surface area contributed by atoms with Crippen molar-refractivity contribution in [1.82, 2.24) is 0 Å². The normalized spacial score (nSPS) is 35.2. The largest absolute Gasteiger partial charge is 0.378 e. The minimum absolute atomic E-state index is 0.0405. The number of carbonyl (C=O) groups excluding carboxylic acids is 2. The van der Waals surface area contributed by atoms with Gasteiger partial charge in [0.2, 0.25) is 0 Å². The Balaban J connectivity index is 1.86. The van der Waals surface area contributed by atoms with Crippen molar-refractivity contribution >= 4 is 11.6 Å². The van der Waals surface area contributed by atoms with Crippen LogP contribution in [0.2, 0.25) is 0 Å². The molecule has 1 heterocycles. The molecule has 0 amide bonds. The zero-order chi connectivity index (χ0) is 17.1. The Morgan fingerprint density at radius 2 is 1.88 bits per heavy atom. The lowest BCUT2D eigenvalue weighted by molar-refractivity contribution is -0.100. The molecule has 0 spiro atoms. The molecule has 0 unspecified atom stereocenters. The summed E-state index contributed by atoms with van der Waals surface area (Å²) in [6.45, 7) is 7.03. The van der Waals surface area contributed by atoms with Gasteiger partial charge in [-0.3, -0.25) is 9.59 Å². The maximum atomic E-state index is 13.4. The summed E-state index contributed by atoms with van der Waals surface area (Å²) in [6.07, 6.45) is 3.88. The second-order valence-corrected chi connectivity index (χ2v) is 7.90. The number of hydrogen-bond donors (Lipinski definition) is 0. The van der Waals surface area contributed by atoms with Gasteiger partial charge in [0.05, 0.1) is 11.5 Å². The third kappa shape index (κ3) is 1.94. The highest BCUT2D eigenvalue weighted by Crippen LogP contribution is 2.55. The van der Waals surface area contributed by atoms with Gasteiger partial charge >= 0.3 is 0 Å². The summed E-state index contributed by atoms with van der Waals surface area (Å²) in [4.78, 5) is 26.5. The van der Waals surface area contributed by atoms with E-state index in [9.17, 15) is 9.59 Å². The zero-order valence-electron chi connectivity index (χ0n) is 14.5. The first-order valence-corrected chi connectivity index (χ1v) is 8.97. The van der Waals surface area contributed by atoms with Gasteiger partial charge in [-0.15, -0.1) is 0 Å². The Morgan fingerprint density at radius 3 is 2.58 bits per heavy atom. The number of hydrogen-bond acceptors (Lipinski definition) is 3. The zero-order valence-corrected chi connectivity index (χ0v) is 14.5. The van der Waals surface area contributed by atoms with Crippen LogP contribution in [0.25, 0.3) is 0 Å². The summed E-state index contributed by atoms with van der Waals surface area (Å²) in [5.41, 5.74) is 1.18. The Morgan fingerprint density at radius 1 is 1.17 bits per heavy atom. The highest BCUT2D eigenvalue weighted by Gasteiger charge is 2.57. The van der Waals surface area contributed by atoms with Crippen LogP contribution in [0.15, 0.2) is 35.9 Å². The van der Waals surface area contributed by atoms with Crippen LogP contribution in [0, 0.1) is 23.2 Å². The number of ether oxygens (including phenoxy) is 1. The Labute approximate surface area is 143 Å². The van der Waals surface area contributed by atoms with Gasteiger partial charge in [0.1, 0.15) is 0 Å². The van der Waals surface area contributed by atoms with Crippen LogP contribution in [-0.2, 0) is 4.74 Å². The molecular formula is C21H24O3. The number of fused-ring (bicyclic) bond motifs is 4. The second kappa shape index (κ2) is 5.38. The lowest BCUT2D eigenvalue weighted by Crippen LogP contribution is -2.54. The predicted octanol–water partition coefficient (Wildman–Crippen LogP) is 4.08. The third-order valence-electron chi connectivity index (χ3n) is 6.36. The number of carbonyl (C=O) groups is 2. The second-order valence-electron chi connectivity index (χ2n) is 7.90. The lowest BCUT2D eigenvalue weighted by atomic mass is 9.52. The van der Waals surface area contributed by atoms with Gasteiger partial charge in [-0.1, -0.05) is 44.2 Å². The fraction of sp³-hybridized carbons (Fsp3) is 0.524. The summed E-state index contributed by atoms with van der Waals surface area (Å²) in [7, 11) is 0. The van der Waals surface area contributed by atoms with Crippen molar-refractivity contribution in [3.05, 3.63) is 47.0 Å². The van der Waals surface area contributed by atoms with E-state index in [0.717, 1.165) is 18.4 Å². The minimum atomic E-state index is -0.703. The molecule has 0 bridgehead atoms. The van der Waals surface area contributed by atoms with Crippen LogP contribution in [-0.4, -0.2) is 24.3 Å². The molecule has 0 N–H and O–H groups in total. The molecule has 3 nitrogen and oxygen atoms in total. The van der Waals surface area contributed by atoms with Crippen molar-refractivity contribution in [2.24, 2.45) is 23.2 Å². The van der Waals surface area contributed by atoms with Crippen LogP contribution >= 0.6 is 0 Å². The fourth-order valence-electron chi connectivity index (χ4n) is 5.19. The molecule has 24 heavy (non-hydrogen) atoms. The third-order valence-corrected chi connectivity index (χ3v) is 6.36. The van der Waals surface area contributed by atoms with Crippen molar-refractivity contribution in [3.8, 4) is 0 Å². The topological polar surface area (TPSA) is 43.4 Å². The molecule has 0 aromatic heterocycles. The SMILES string of the molecule is CC(C)[C@@H]1OCC[C@@H]2[C@H]1CC=C1C(=O)c3ccccc3C(=O)[C@@]12C. The van der Waals surface area contributed by atoms with E-state index >= 15 is 0 Å². The summed E-state index contributed by atoms with van der Waals surface area (Å²) in [6, 6.07) is 7.27. The van der Waals surface area contributed by atoms with Crippen molar-refractivity contribution < 1.29 is 14.3 Å². The van der Waals surface area contributed by atoms with Crippen LogP contribution in [0.5, 0.6) is 0 Å². The fourth-order valence-corrected chi connectivity index (χ4v) is 5.19. The maximum absolute atomic E-state index is 13.4. The average molecular weight is 324 g/mol. The molecule has 1 aromatic rings. The van der Waals surface area contributed by atoms with Crippen LogP contribution in [0.1, 0.15) is 54.3 Å². The average Bonchev–Trinajstić information content (AvgIpc) is 2.59. The lowest BCUT2D eigenvalue weighted by Gasteiger charge is -2.52. The van der Waals surface area contributed by atoms with Gasteiger partial charge in [-0.2, -0.15) is 0 Å². The standard InChI is InChI=1S/C21H24O3/c1-12(2)19-15-8-9-17-18(22)13-6-4-5-7-14(13)20(23)21(17,3)16(15)10-11-24-19/h4-7,9,12,15-16,19H,8,10-11H2,1-3H3/t15-,16-,19+,21-/m1/s1. The predicted molar refractivity (Wildman–Crippen MR) is 92.1 cm³/mol. The van der Waals surface area contributed by atoms with Crippen molar-refractivity contribution in [2.75, 3.05) is 6.61 Å². The summed E-state index contributed by atoms with van der Waals surface area (Å²) < 4.78 is 6.04. The van der Waals surface area contributed by atoms with Crippen molar-refractivity contribution in [1.29, 1.82) is 0 Å². The van der Waals surface area contributed by atoms with Crippen molar-refractivity contribution in [2.45, 2.75) is 39.7 Å². The molecule has 1 fully saturated rings. The first-order valence-electron chi connectivity index (χ1n) is 8.97. The number of allylic oxidation sites excluding steroid dienone is 2. The van der Waals surface area contributed by atoms with E-state index in [4.69, 9.17) is 4.74 Å². The minimum Gasteiger partial charge on any atom is -0.378 e. The van der Waals surface area contributed by atoms with E-state index in [1.807, 2.05) is 25.1 Å². The maximum Gasteiger partial charge on any atom is 0.190 e. The quantitative estimate of drug-likeness (QED) is 0.782. The monoisotopic (exact) mass is 324 g/mol. The molecule has 4 rings (SSSR count). The van der Waals surface area contributed by atoms with Gasteiger partial charge in [-0.05, 0) is 37.5 Å². The van der Waals surface area contributed by atoms with E-state index < -0.39 is 5.41 Å². The van der Waals surface area contributed by atoms with Gasteiger partial charge in [0.15, 0.2) is 11.6 Å². The van der Waals surface area contributed by atoms with Crippen molar-refractivity contribution in [3.63, 3.8) is 0 Å². The molecule has 3 heteroatoms.